The summed E-state index contributed by atoms with van der Waals surface area (Å²) in [4.78, 5) is 6.68. The van der Waals surface area contributed by atoms with E-state index in [0.717, 1.165) is 19.4 Å². The molecule has 0 aliphatic carbocycles. The Balaban J connectivity index is 2.04. The molecule has 98 valence electrons. The first-order valence-corrected chi connectivity index (χ1v) is 6.66. The van der Waals surface area contributed by atoms with Crippen molar-refractivity contribution in [2.45, 2.75) is 45.2 Å². The lowest BCUT2D eigenvalue weighted by Gasteiger charge is -2.39. The highest BCUT2D eigenvalue weighted by Crippen LogP contribution is 2.28. The molecule has 1 aliphatic rings. The zero-order valence-corrected chi connectivity index (χ0v) is 11.6. The van der Waals surface area contributed by atoms with Crippen LogP contribution in [0.3, 0.4) is 0 Å². The van der Waals surface area contributed by atoms with E-state index >= 15 is 0 Å². The molecule has 3 heteroatoms. The number of guanidine groups is 1. The molecular weight excluding hydrogens is 222 g/mol. The van der Waals surface area contributed by atoms with Crippen LogP contribution in [0.5, 0.6) is 0 Å². The van der Waals surface area contributed by atoms with Crippen molar-refractivity contribution in [1.29, 1.82) is 0 Å². The third kappa shape index (κ3) is 2.50. The summed E-state index contributed by atoms with van der Waals surface area (Å²) in [6.07, 6.45) is 2.16. The van der Waals surface area contributed by atoms with Crippen LogP contribution >= 0.6 is 0 Å². The third-order valence-corrected chi connectivity index (χ3v) is 3.72. The minimum absolute atomic E-state index is 0.0636. The number of nitrogens with two attached hydrogens (primary N) is 1. The number of hydrogen-bond donors (Lipinski definition) is 1. The number of nitrogens with zero attached hydrogens (tertiary/aromatic N) is 2. The average molecular weight is 245 g/mol. The van der Waals surface area contributed by atoms with Gasteiger partial charge in [-0.05, 0) is 39.2 Å². The van der Waals surface area contributed by atoms with Crippen LogP contribution in [-0.4, -0.2) is 29.0 Å². The second-order valence-electron chi connectivity index (χ2n) is 5.62. The Kier molecular flexibility index (Phi) is 3.60. The molecule has 0 saturated heterocycles. The predicted octanol–water partition coefficient (Wildman–Crippen LogP) is 2.42. The van der Waals surface area contributed by atoms with Gasteiger partial charge in [0.2, 0.25) is 0 Å². The fourth-order valence-corrected chi connectivity index (χ4v) is 2.83. The fraction of sp³-hybridized carbons (Fsp3) is 0.533. The summed E-state index contributed by atoms with van der Waals surface area (Å²) in [5.74, 6) is 0.695. The SMILES string of the molecule is CC(C)N1C(N)=NCC1(C)CCc1ccccc1. The van der Waals surface area contributed by atoms with Gasteiger partial charge in [-0.2, -0.15) is 0 Å². The lowest BCUT2D eigenvalue weighted by Crippen LogP contribution is -2.53. The van der Waals surface area contributed by atoms with E-state index in [2.05, 4.69) is 61.0 Å². The lowest BCUT2D eigenvalue weighted by molar-refractivity contribution is 0.172. The molecule has 0 radical (unpaired) electrons. The summed E-state index contributed by atoms with van der Waals surface area (Å²) in [5, 5.41) is 0. The van der Waals surface area contributed by atoms with Crippen LogP contribution in [-0.2, 0) is 6.42 Å². The lowest BCUT2D eigenvalue weighted by atomic mass is 9.91. The minimum atomic E-state index is 0.0636. The first-order chi connectivity index (χ1) is 8.53. The van der Waals surface area contributed by atoms with Crippen LogP contribution in [0.15, 0.2) is 35.3 Å². The summed E-state index contributed by atoms with van der Waals surface area (Å²) in [6, 6.07) is 11.0. The Bertz CT molecular complexity index is 425. The van der Waals surface area contributed by atoms with E-state index in [9.17, 15) is 0 Å². The van der Waals surface area contributed by atoms with Gasteiger partial charge < -0.3 is 10.6 Å². The maximum Gasteiger partial charge on any atom is 0.192 e. The molecule has 0 bridgehead atoms. The molecule has 0 amide bonds. The van der Waals surface area contributed by atoms with E-state index in [1.807, 2.05) is 0 Å². The van der Waals surface area contributed by atoms with Crippen molar-refractivity contribution in [1.82, 2.24) is 4.90 Å². The molecule has 18 heavy (non-hydrogen) atoms. The van der Waals surface area contributed by atoms with Gasteiger partial charge in [-0.1, -0.05) is 30.3 Å². The van der Waals surface area contributed by atoms with Crippen molar-refractivity contribution < 1.29 is 0 Å². The Labute approximate surface area is 110 Å². The van der Waals surface area contributed by atoms with E-state index in [4.69, 9.17) is 5.73 Å². The van der Waals surface area contributed by atoms with E-state index in [-0.39, 0.29) is 5.54 Å². The van der Waals surface area contributed by atoms with Crippen LogP contribution < -0.4 is 5.73 Å². The monoisotopic (exact) mass is 245 g/mol. The van der Waals surface area contributed by atoms with Crippen molar-refractivity contribution in [3.8, 4) is 0 Å². The molecule has 0 aromatic heterocycles. The topological polar surface area (TPSA) is 41.6 Å². The fourth-order valence-electron chi connectivity index (χ4n) is 2.83. The molecule has 0 saturated carbocycles. The maximum atomic E-state index is 6.00. The summed E-state index contributed by atoms with van der Waals surface area (Å²) in [7, 11) is 0. The van der Waals surface area contributed by atoms with E-state index < -0.39 is 0 Å². The Morgan fingerprint density at radius 3 is 2.61 bits per heavy atom. The Morgan fingerprint density at radius 1 is 1.33 bits per heavy atom. The van der Waals surface area contributed by atoms with Crippen molar-refractivity contribution in [2.24, 2.45) is 10.7 Å². The van der Waals surface area contributed by atoms with Crippen LogP contribution in [0.2, 0.25) is 0 Å². The Hall–Kier alpha value is -1.51. The zero-order chi connectivity index (χ0) is 13.2. The first kappa shape index (κ1) is 12.9. The van der Waals surface area contributed by atoms with Gasteiger partial charge in [0.25, 0.3) is 0 Å². The highest BCUT2D eigenvalue weighted by Gasteiger charge is 2.38. The van der Waals surface area contributed by atoms with Crippen LogP contribution in [0.1, 0.15) is 32.8 Å². The van der Waals surface area contributed by atoms with Crippen LogP contribution in [0, 0.1) is 0 Å². The zero-order valence-electron chi connectivity index (χ0n) is 11.6. The van der Waals surface area contributed by atoms with E-state index in [0.29, 0.717) is 12.0 Å². The number of benzene rings is 1. The highest BCUT2D eigenvalue weighted by atomic mass is 15.4. The quantitative estimate of drug-likeness (QED) is 0.885. The van der Waals surface area contributed by atoms with Crippen molar-refractivity contribution in [3.63, 3.8) is 0 Å². The molecule has 2 rings (SSSR count). The molecule has 1 aliphatic heterocycles. The summed E-state index contributed by atoms with van der Waals surface area (Å²) >= 11 is 0. The standard InChI is InChI=1S/C15H23N3/c1-12(2)18-14(16)17-11-15(18,3)10-9-13-7-5-4-6-8-13/h4-8,12H,9-11H2,1-3H3,(H2,16,17). The Morgan fingerprint density at radius 2 is 2.00 bits per heavy atom. The normalized spacial score (nSPS) is 23.6. The van der Waals surface area contributed by atoms with Gasteiger partial charge in [0.15, 0.2) is 5.96 Å². The molecule has 1 unspecified atom stereocenters. The number of hydrogen-bond acceptors (Lipinski definition) is 3. The van der Waals surface area contributed by atoms with Crippen LogP contribution in [0.25, 0.3) is 0 Å². The van der Waals surface area contributed by atoms with Crippen molar-refractivity contribution >= 4 is 5.96 Å². The smallest absolute Gasteiger partial charge is 0.192 e. The number of aryl methyl sites for hydroxylation is 1. The minimum Gasteiger partial charge on any atom is -0.370 e. The molecule has 3 nitrogen and oxygen atoms in total. The molecular formula is C15H23N3. The molecule has 1 aromatic rings. The third-order valence-electron chi connectivity index (χ3n) is 3.72. The average Bonchev–Trinajstić information content (AvgIpc) is 2.65. The number of rotatable bonds is 4. The molecule has 2 N–H and O–H groups in total. The van der Waals surface area contributed by atoms with Crippen molar-refractivity contribution in [2.75, 3.05) is 6.54 Å². The van der Waals surface area contributed by atoms with Gasteiger partial charge in [-0.25, -0.2) is 0 Å². The van der Waals surface area contributed by atoms with Gasteiger partial charge in [-0.15, -0.1) is 0 Å². The molecule has 0 fully saturated rings. The van der Waals surface area contributed by atoms with Crippen molar-refractivity contribution in [3.05, 3.63) is 35.9 Å². The maximum absolute atomic E-state index is 6.00. The summed E-state index contributed by atoms with van der Waals surface area (Å²) in [6.45, 7) is 7.42. The molecule has 1 aromatic carbocycles. The summed E-state index contributed by atoms with van der Waals surface area (Å²) in [5.41, 5.74) is 7.45. The van der Waals surface area contributed by atoms with Gasteiger partial charge in [0, 0.05) is 6.04 Å². The molecule has 1 atom stereocenters. The van der Waals surface area contributed by atoms with E-state index in [1.165, 1.54) is 5.56 Å². The van der Waals surface area contributed by atoms with Gasteiger partial charge >= 0.3 is 0 Å². The first-order valence-electron chi connectivity index (χ1n) is 6.66. The second-order valence-corrected chi connectivity index (χ2v) is 5.62. The van der Waals surface area contributed by atoms with Gasteiger partial charge in [-0.3, -0.25) is 4.99 Å². The molecule has 0 spiro atoms. The second kappa shape index (κ2) is 5.01. The predicted molar refractivity (Wildman–Crippen MR) is 76.6 cm³/mol. The molecule has 1 heterocycles. The largest absolute Gasteiger partial charge is 0.370 e. The highest BCUT2D eigenvalue weighted by molar-refractivity contribution is 5.81. The number of aliphatic imine (C=N–C) groups is 1. The summed E-state index contributed by atoms with van der Waals surface area (Å²) < 4.78 is 0. The van der Waals surface area contributed by atoms with Crippen LogP contribution in [0.4, 0.5) is 0 Å². The van der Waals surface area contributed by atoms with E-state index in [1.54, 1.807) is 0 Å². The van der Waals surface area contributed by atoms with Gasteiger partial charge in [0.1, 0.15) is 0 Å². The van der Waals surface area contributed by atoms with Gasteiger partial charge in [0.05, 0.1) is 12.1 Å².